The van der Waals surface area contributed by atoms with Crippen molar-refractivity contribution in [2.75, 3.05) is 25.7 Å². The van der Waals surface area contributed by atoms with Crippen LogP contribution in [0.5, 0.6) is 11.5 Å². The van der Waals surface area contributed by atoms with E-state index in [1.54, 1.807) is 37.8 Å². The number of hydrogen-bond donors (Lipinski definition) is 0. The number of hydrogen-bond acceptors (Lipinski definition) is 6. The molecule has 0 aliphatic carbocycles. The Morgan fingerprint density at radius 1 is 1.20 bits per heavy atom. The SMILES string of the molecule is COc1ccc(OC)c(C2CCCN2C(=O)C=Cc2csc(N(C(C)=O)c3ccccc3F)n2)c1. The van der Waals surface area contributed by atoms with Gasteiger partial charge in [0.05, 0.1) is 31.6 Å². The summed E-state index contributed by atoms with van der Waals surface area (Å²) in [4.78, 5) is 32.8. The number of methoxy groups -OCH3 is 2. The lowest BCUT2D eigenvalue weighted by Crippen LogP contribution is -2.29. The minimum Gasteiger partial charge on any atom is -0.497 e. The summed E-state index contributed by atoms with van der Waals surface area (Å²) in [7, 11) is 3.21. The number of carbonyl (C=O) groups is 2. The molecule has 2 heterocycles. The highest BCUT2D eigenvalue weighted by atomic mass is 32.1. The molecule has 1 atom stereocenters. The smallest absolute Gasteiger partial charge is 0.247 e. The Morgan fingerprint density at radius 2 is 2.00 bits per heavy atom. The number of halogens is 1. The van der Waals surface area contributed by atoms with Crippen LogP contribution in [0.1, 0.15) is 37.1 Å². The normalized spacial score (nSPS) is 15.4. The van der Waals surface area contributed by atoms with Gasteiger partial charge in [0.1, 0.15) is 17.3 Å². The summed E-state index contributed by atoms with van der Waals surface area (Å²) in [5, 5.41) is 2.05. The van der Waals surface area contributed by atoms with E-state index in [4.69, 9.17) is 9.47 Å². The molecule has 9 heteroatoms. The van der Waals surface area contributed by atoms with Crippen molar-refractivity contribution >= 4 is 40.0 Å². The molecule has 7 nitrogen and oxygen atoms in total. The Labute approximate surface area is 207 Å². The molecule has 182 valence electrons. The van der Waals surface area contributed by atoms with Crippen LogP contribution in [-0.2, 0) is 9.59 Å². The summed E-state index contributed by atoms with van der Waals surface area (Å²) < 4.78 is 25.2. The van der Waals surface area contributed by atoms with Gasteiger partial charge in [-0.15, -0.1) is 11.3 Å². The molecule has 4 rings (SSSR count). The molecule has 1 unspecified atom stereocenters. The van der Waals surface area contributed by atoms with Crippen LogP contribution in [-0.4, -0.2) is 42.5 Å². The maximum absolute atomic E-state index is 14.3. The van der Waals surface area contributed by atoms with Gasteiger partial charge < -0.3 is 14.4 Å². The molecule has 2 amide bonds. The van der Waals surface area contributed by atoms with Crippen LogP contribution in [0, 0.1) is 5.82 Å². The zero-order chi connectivity index (χ0) is 24.9. The van der Waals surface area contributed by atoms with Crippen molar-refractivity contribution in [1.82, 2.24) is 9.88 Å². The van der Waals surface area contributed by atoms with Gasteiger partial charge in [0.25, 0.3) is 0 Å². The standard InChI is InChI=1S/C26H26FN3O4S/c1-17(31)30(23-8-5-4-7-21(23)27)26-28-18(16-35-26)10-13-25(32)29-14-6-9-22(29)20-15-19(33-2)11-12-24(20)34-3/h4-5,7-8,10-13,15-16,22H,6,9,14H2,1-3H3. The summed E-state index contributed by atoms with van der Waals surface area (Å²) in [6, 6.07) is 11.5. The van der Waals surface area contributed by atoms with E-state index in [2.05, 4.69) is 4.98 Å². The van der Waals surface area contributed by atoms with Crippen LogP contribution in [0.25, 0.3) is 6.08 Å². The summed E-state index contributed by atoms with van der Waals surface area (Å²) >= 11 is 1.20. The Kier molecular flexibility index (Phi) is 7.45. The van der Waals surface area contributed by atoms with Crippen LogP contribution in [0.4, 0.5) is 15.2 Å². The van der Waals surface area contributed by atoms with Crippen molar-refractivity contribution < 1.29 is 23.5 Å². The van der Waals surface area contributed by atoms with Crippen LogP contribution < -0.4 is 14.4 Å². The highest BCUT2D eigenvalue weighted by molar-refractivity contribution is 7.14. The Balaban J connectivity index is 1.54. The topological polar surface area (TPSA) is 72.0 Å². The van der Waals surface area contributed by atoms with E-state index in [9.17, 15) is 14.0 Å². The van der Waals surface area contributed by atoms with Gasteiger partial charge in [-0.3, -0.25) is 14.5 Å². The summed E-state index contributed by atoms with van der Waals surface area (Å²) in [6.07, 6.45) is 4.78. The Bertz CT molecular complexity index is 1260. The molecular weight excluding hydrogens is 469 g/mol. The third-order valence-electron chi connectivity index (χ3n) is 5.84. The Morgan fingerprint density at radius 3 is 2.71 bits per heavy atom. The molecule has 1 aliphatic heterocycles. The van der Waals surface area contributed by atoms with Crippen LogP contribution >= 0.6 is 11.3 Å². The van der Waals surface area contributed by atoms with Crippen molar-refractivity contribution in [3.05, 3.63) is 71.0 Å². The molecule has 0 N–H and O–H groups in total. The predicted molar refractivity (Wildman–Crippen MR) is 134 cm³/mol. The minimum atomic E-state index is -0.516. The number of nitrogens with zero attached hydrogens (tertiary/aromatic N) is 3. The van der Waals surface area contributed by atoms with Crippen molar-refractivity contribution in [3.8, 4) is 11.5 Å². The van der Waals surface area contributed by atoms with E-state index in [-0.39, 0.29) is 23.5 Å². The summed E-state index contributed by atoms with van der Waals surface area (Å²) in [6.45, 7) is 1.98. The number of thiazole rings is 1. The first-order valence-corrected chi connectivity index (χ1v) is 12.0. The second-order valence-corrected chi connectivity index (χ2v) is 8.83. The molecule has 0 bridgehead atoms. The molecule has 3 aromatic rings. The lowest BCUT2D eigenvalue weighted by Gasteiger charge is -2.25. The van der Waals surface area contributed by atoms with Crippen LogP contribution in [0.3, 0.4) is 0 Å². The number of ether oxygens (including phenoxy) is 2. The van der Waals surface area contributed by atoms with Crippen molar-refractivity contribution in [3.63, 3.8) is 0 Å². The van der Waals surface area contributed by atoms with Gasteiger partial charge in [0, 0.05) is 30.5 Å². The fraction of sp³-hybridized carbons (Fsp3) is 0.269. The molecule has 0 radical (unpaired) electrons. The highest BCUT2D eigenvalue weighted by Gasteiger charge is 2.31. The first-order valence-electron chi connectivity index (χ1n) is 11.1. The second kappa shape index (κ2) is 10.7. The second-order valence-electron chi connectivity index (χ2n) is 7.99. The quantitative estimate of drug-likeness (QED) is 0.413. The predicted octanol–water partition coefficient (Wildman–Crippen LogP) is 5.36. The zero-order valence-electron chi connectivity index (χ0n) is 19.7. The van der Waals surface area contributed by atoms with Gasteiger partial charge in [0.2, 0.25) is 11.8 Å². The van der Waals surface area contributed by atoms with E-state index in [1.807, 2.05) is 23.1 Å². The largest absolute Gasteiger partial charge is 0.497 e. The van der Waals surface area contributed by atoms with Gasteiger partial charge >= 0.3 is 0 Å². The zero-order valence-corrected chi connectivity index (χ0v) is 20.5. The van der Waals surface area contributed by atoms with Gasteiger partial charge in [0.15, 0.2) is 5.13 Å². The fourth-order valence-corrected chi connectivity index (χ4v) is 5.05. The molecule has 1 fully saturated rings. The number of aromatic nitrogens is 1. The minimum absolute atomic E-state index is 0.127. The number of anilines is 2. The first-order chi connectivity index (χ1) is 16.9. The van der Waals surface area contributed by atoms with Gasteiger partial charge in [-0.25, -0.2) is 9.37 Å². The lowest BCUT2D eigenvalue weighted by atomic mass is 10.0. The maximum atomic E-state index is 14.3. The summed E-state index contributed by atoms with van der Waals surface area (Å²) in [5.74, 6) is 0.391. The average molecular weight is 496 g/mol. The molecule has 1 aromatic heterocycles. The van der Waals surface area contributed by atoms with Gasteiger partial charge in [-0.05, 0) is 49.2 Å². The molecule has 35 heavy (non-hydrogen) atoms. The van der Waals surface area contributed by atoms with Crippen molar-refractivity contribution in [1.29, 1.82) is 0 Å². The third kappa shape index (κ3) is 5.19. The average Bonchev–Trinajstić information content (AvgIpc) is 3.53. The third-order valence-corrected chi connectivity index (χ3v) is 6.68. The van der Waals surface area contributed by atoms with Crippen LogP contribution in [0.2, 0.25) is 0 Å². The number of carbonyl (C=O) groups excluding carboxylic acids is 2. The highest BCUT2D eigenvalue weighted by Crippen LogP contribution is 2.39. The summed E-state index contributed by atoms with van der Waals surface area (Å²) in [5.41, 5.74) is 1.55. The maximum Gasteiger partial charge on any atom is 0.247 e. The molecule has 0 saturated carbocycles. The van der Waals surface area contributed by atoms with Gasteiger partial charge in [-0.1, -0.05) is 12.1 Å². The molecular formula is C26H26FN3O4S. The molecule has 2 aromatic carbocycles. The number of rotatable bonds is 7. The molecule has 0 spiro atoms. The van der Waals surface area contributed by atoms with Gasteiger partial charge in [-0.2, -0.15) is 0 Å². The van der Waals surface area contributed by atoms with Crippen LogP contribution in [0.15, 0.2) is 53.9 Å². The monoisotopic (exact) mass is 495 g/mol. The van der Waals surface area contributed by atoms with Crippen molar-refractivity contribution in [2.24, 2.45) is 0 Å². The number of benzene rings is 2. The first kappa shape index (κ1) is 24.4. The van der Waals surface area contributed by atoms with E-state index in [0.29, 0.717) is 28.9 Å². The van der Waals surface area contributed by atoms with E-state index in [0.717, 1.165) is 18.4 Å². The number of amides is 2. The van der Waals surface area contributed by atoms with E-state index >= 15 is 0 Å². The Hall–Kier alpha value is -3.72. The number of likely N-dealkylation sites (tertiary alicyclic amines) is 1. The van der Waals surface area contributed by atoms with E-state index < -0.39 is 5.82 Å². The fourth-order valence-electron chi connectivity index (χ4n) is 4.20. The van der Waals surface area contributed by atoms with Crippen molar-refractivity contribution in [2.45, 2.75) is 25.8 Å². The molecule has 1 aliphatic rings. The lowest BCUT2D eigenvalue weighted by molar-refractivity contribution is -0.126. The molecule has 1 saturated heterocycles. The number of para-hydroxylation sites is 1. The van der Waals surface area contributed by atoms with E-state index in [1.165, 1.54) is 41.4 Å².